The van der Waals surface area contributed by atoms with Crippen LogP contribution in [-0.2, 0) is 19.5 Å². The SMILES string of the molecule is CCc1ccc(CNC(C)Cn2ccnc2)cc1. The molecular formula is C15H21N3. The molecular weight excluding hydrogens is 222 g/mol. The third-order valence-corrected chi connectivity index (χ3v) is 3.13. The van der Waals surface area contributed by atoms with E-state index >= 15 is 0 Å². The Hall–Kier alpha value is -1.61. The predicted molar refractivity (Wildman–Crippen MR) is 74.3 cm³/mol. The Bertz CT molecular complexity index is 445. The van der Waals surface area contributed by atoms with Crippen LogP contribution in [0.25, 0.3) is 0 Å². The number of nitrogens with zero attached hydrogens (tertiary/aromatic N) is 2. The zero-order valence-corrected chi connectivity index (χ0v) is 11.1. The van der Waals surface area contributed by atoms with Crippen molar-refractivity contribution >= 4 is 0 Å². The van der Waals surface area contributed by atoms with E-state index in [9.17, 15) is 0 Å². The van der Waals surface area contributed by atoms with Gasteiger partial charge in [-0.05, 0) is 24.5 Å². The van der Waals surface area contributed by atoms with Crippen LogP contribution in [-0.4, -0.2) is 15.6 Å². The first-order chi connectivity index (χ1) is 8.78. The van der Waals surface area contributed by atoms with Gasteiger partial charge in [-0.1, -0.05) is 31.2 Å². The lowest BCUT2D eigenvalue weighted by Crippen LogP contribution is -2.29. The smallest absolute Gasteiger partial charge is 0.0946 e. The van der Waals surface area contributed by atoms with Crippen molar-refractivity contribution in [2.75, 3.05) is 0 Å². The standard InChI is InChI=1S/C15H21N3/c1-3-14-4-6-15(7-5-14)10-17-13(2)11-18-9-8-16-12-18/h4-9,12-13,17H,3,10-11H2,1-2H3. The number of aromatic nitrogens is 2. The largest absolute Gasteiger partial charge is 0.336 e. The van der Waals surface area contributed by atoms with Crippen molar-refractivity contribution < 1.29 is 0 Å². The highest BCUT2D eigenvalue weighted by Gasteiger charge is 2.02. The van der Waals surface area contributed by atoms with Gasteiger partial charge in [0.1, 0.15) is 0 Å². The van der Waals surface area contributed by atoms with Crippen molar-refractivity contribution in [2.45, 2.75) is 39.4 Å². The van der Waals surface area contributed by atoms with Crippen molar-refractivity contribution in [3.63, 3.8) is 0 Å². The second kappa shape index (κ2) is 6.36. The zero-order valence-electron chi connectivity index (χ0n) is 11.1. The molecule has 2 aromatic rings. The summed E-state index contributed by atoms with van der Waals surface area (Å²) in [6.45, 7) is 6.24. The van der Waals surface area contributed by atoms with E-state index in [0.717, 1.165) is 19.5 Å². The number of aryl methyl sites for hydroxylation is 1. The summed E-state index contributed by atoms with van der Waals surface area (Å²) in [6.07, 6.45) is 6.77. The Morgan fingerprint density at radius 2 is 1.94 bits per heavy atom. The topological polar surface area (TPSA) is 29.9 Å². The summed E-state index contributed by atoms with van der Waals surface area (Å²) in [4.78, 5) is 4.05. The second-order valence-corrected chi connectivity index (χ2v) is 4.71. The number of hydrogen-bond acceptors (Lipinski definition) is 2. The molecule has 0 amide bonds. The van der Waals surface area contributed by atoms with Crippen molar-refractivity contribution in [1.29, 1.82) is 0 Å². The van der Waals surface area contributed by atoms with Crippen LogP contribution >= 0.6 is 0 Å². The molecule has 1 N–H and O–H groups in total. The summed E-state index contributed by atoms with van der Waals surface area (Å²) in [5.41, 5.74) is 2.73. The van der Waals surface area contributed by atoms with Crippen LogP contribution in [0.5, 0.6) is 0 Å². The third-order valence-electron chi connectivity index (χ3n) is 3.13. The average molecular weight is 243 g/mol. The number of nitrogens with one attached hydrogen (secondary N) is 1. The van der Waals surface area contributed by atoms with E-state index in [1.54, 1.807) is 0 Å². The van der Waals surface area contributed by atoms with Crippen molar-refractivity contribution in [1.82, 2.24) is 14.9 Å². The maximum absolute atomic E-state index is 4.05. The maximum atomic E-state index is 4.05. The molecule has 0 saturated carbocycles. The minimum Gasteiger partial charge on any atom is -0.336 e. The highest BCUT2D eigenvalue weighted by atomic mass is 15.1. The molecule has 2 rings (SSSR count). The van der Waals surface area contributed by atoms with Crippen LogP contribution in [0.2, 0.25) is 0 Å². The third kappa shape index (κ3) is 3.70. The highest BCUT2D eigenvalue weighted by Crippen LogP contribution is 2.05. The van der Waals surface area contributed by atoms with Crippen LogP contribution in [0.1, 0.15) is 25.0 Å². The fourth-order valence-corrected chi connectivity index (χ4v) is 1.96. The van der Waals surface area contributed by atoms with Gasteiger partial charge in [-0.3, -0.25) is 0 Å². The molecule has 96 valence electrons. The number of rotatable bonds is 6. The molecule has 0 radical (unpaired) electrons. The van der Waals surface area contributed by atoms with E-state index in [4.69, 9.17) is 0 Å². The fraction of sp³-hybridized carbons (Fsp3) is 0.400. The van der Waals surface area contributed by atoms with Crippen LogP contribution in [0.3, 0.4) is 0 Å². The Morgan fingerprint density at radius 1 is 1.22 bits per heavy atom. The van der Waals surface area contributed by atoms with Gasteiger partial charge in [0.25, 0.3) is 0 Å². The van der Waals surface area contributed by atoms with Gasteiger partial charge in [-0.2, -0.15) is 0 Å². The summed E-state index contributed by atoms with van der Waals surface area (Å²) in [5, 5.41) is 3.53. The monoisotopic (exact) mass is 243 g/mol. The highest BCUT2D eigenvalue weighted by molar-refractivity contribution is 5.22. The van der Waals surface area contributed by atoms with Crippen LogP contribution < -0.4 is 5.32 Å². The molecule has 1 unspecified atom stereocenters. The minimum atomic E-state index is 0.435. The van der Waals surface area contributed by atoms with E-state index in [-0.39, 0.29) is 0 Å². The molecule has 1 aromatic heterocycles. The molecule has 0 aliphatic carbocycles. The van der Waals surface area contributed by atoms with Crippen molar-refractivity contribution in [3.8, 4) is 0 Å². The Kier molecular flexibility index (Phi) is 4.53. The van der Waals surface area contributed by atoms with E-state index in [1.165, 1.54) is 11.1 Å². The molecule has 3 nitrogen and oxygen atoms in total. The van der Waals surface area contributed by atoms with Crippen LogP contribution in [0, 0.1) is 0 Å². The van der Waals surface area contributed by atoms with E-state index < -0.39 is 0 Å². The van der Waals surface area contributed by atoms with E-state index in [0.29, 0.717) is 6.04 Å². The first-order valence-electron chi connectivity index (χ1n) is 6.55. The number of hydrogen-bond donors (Lipinski definition) is 1. The molecule has 1 heterocycles. The molecule has 0 saturated heterocycles. The van der Waals surface area contributed by atoms with Gasteiger partial charge >= 0.3 is 0 Å². The summed E-state index contributed by atoms with van der Waals surface area (Å²) < 4.78 is 2.10. The summed E-state index contributed by atoms with van der Waals surface area (Å²) in [5.74, 6) is 0. The molecule has 1 aromatic carbocycles. The van der Waals surface area contributed by atoms with Gasteiger partial charge in [-0.15, -0.1) is 0 Å². The Balaban J connectivity index is 1.79. The normalized spacial score (nSPS) is 12.6. The molecule has 0 fully saturated rings. The van der Waals surface area contributed by atoms with Crippen molar-refractivity contribution in [3.05, 3.63) is 54.1 Å². The molecule has 0 aliphatic heterocycles. The van der Waals surface area contributed by atoms with Crippen LogP contribution in [0.4, 0.5) is 0 Å². The van der Waals surface area contributed by atoms with Crippen molar-refractivity contribution in [2.24, 2.45) is 0 Å². The molecule has 0 aliphatic rings. The molecule has 18 heavy (non-hydrogen) atoms. The predicted octanol–water partition coefficient (Wildman–Crippen LogP) is 2.62. The lowest BCUT2D eigenvalue weighted by atomic mass is 10.1. The summed E-state index contributed by atoms with van der Waals surface area (Å²) in [7, 11) is 0. The Labute approximate surface area is 109 Å². The lowest BCUT2D eigenvalue weighted by molar-refractivity contribution is 0.476. The average Bonchev–Trinajstić information content (AvgIpc) is 2.90. The first-order valence-corrected chi connectivity index (χ1v) is 6.55. The number of imidazole rings is 1. The lowest BCUT2D eigenvalue weighted by Gasteiger charge is -2.14. The zero-order chi connectivity index (χ0) is 12.8. The molecule has 1 atom stereocenters. The van der Waals surface area contributed by atoms with Gasteiger partial charge in [-0.25, -0.2) is 4.98 Å². The second-order valence-electron chi connectivity index (χ2n) is 4.71. The molecule has 0 spiro atoms. The number of benzene rings is 1. The molecule has 0 bridgehead atoms. The molecule has 3 heteroatoms. The van der Waals surface area contributed by atoms with E-state index in [2.05, 4.69) is 53.0 Å². The van der Waals surface area contributed by atoms with Gasteiger partial charge in [0.15, 0.2) is 0 Å². The quantitative estimate of drug-likeness (QED) is 0.845. The Morgan fingerprint density at radius 3 is 2.56 bits per heavy atom. The van der Waals surface area contributed by atoms with Gasteiger partial charge in [0.05, 0.1) is 6.33 Å². The van der Waals surface area contributed by atoms with Gasteiger partial charge in [0.2, 0.25) is 0 Å². The van der Waals surface area contributed by atoms with Gasteiger partial charge < -0.3 is 9.88 Å². The first kappa shape index (κ1) is 12.8. The van der Waals surface area contributed by atoms with E-state index in [1.807, 2.05) is 18.7 Å². The van der Waals surface area contributed by atoms with Crippen LogP contribution in [0.15, 0.2) is 43.0 Å². The minimum absolute atomic E-state index is 0.435. The fourth-order valence-electron chi connectivity index (χ4n) is 1.96. The van der Waals surface area contributed by atoms with Gasteiger partial charge in [0, 0.05) is 31.5 Å². The maximum Gasteiger partial charge on any atom is 0.0946 e. The summed E-state index contributed by atoms with van der Waals surface area (Å²) in [6, 6.07) is 9.26. The summed E-state index contributed by atoms with van der Waals surface area (Å²) >= 11 is 0.